The third-order valence-corrected chi connectivity index (χ3v) is 8.10. The van der Waals surface area contributed by atoms with Crippen LogP contribution in [0, 0.1) is 17.8 Å². The van der Waals surface area contributed by atoms with Crippen molar-refractivity contribution in [1.29, 1.82) is 0 Å². The number of carbonyl (C=O) groups excluding carboxylic acids is 3. The van der Waals surface area contributed by atoms with Crippen LogP contribution in [0.25, 0.3) is 0 Å². The molecule has 0 saturated carbocycles. The van der Waals surface area contributed by atoms with Gasteiger partial charge in [0.25, 0.3) is 0 Å². The first-order chi connectivity index (χ1) is 16.3. The summed E-state index contributed by atoms with van der Waals surface area (Å²) < 4.78 is 12.0. The Labute approximate surface area is 198 Å². The molecule has 2 aromatic rings. The number of ketones is 1. The van der Waals surface area contributed by atoms with Crippen molar-refractivity contribution in [3.05, 3.63) is 66.1 Å². The minimum absolute atomic E-state index is 0.0732. The van der Waals surface area contributed by atoms with Crippen LogP contribution in [0.2, 0.25) is 0 Å². The van der Waals surface area contributed by atoms with E-state index < -0.39 is 41.5 Å². The molecule has 2 amide bonds. The van der Waals surface area contributed by atoms with Crippen LogP contribution in [0.3, 0.4) is 0 Å². The molecule has 7 heteroatoms. The van der Waals surface area contributed by atoms with E-state index in [9.17, 15) is 14.4 Å². The molecule has 2 bridgehead atoms. The molecule has 7 nitrogen and oxygen atoms in total. The fourth-order valence-corrected chi connectivity index (χ4v) is 6.44. The number of benzene rings is 1. The number of Topliss-reactive ketones (excluding diaryl/α,β-unsaturated/α-hetero) is 1. The number of nitrogens with one attached hydrogen (secondary N) is 1. The van der Waals surface area contributed by atoms with Crippen molar-refractivity contribution in [1.82, 2.24) is 4.90 Å². The summed E-state index contributed by atoms with van der Waals surface area (Å²) in [6.45, 7) is 6.10. The Morgan fingerprint density at radius 1 is 1.18 bits per heavy atom. The van der Waals surface area contributed by atoms with Crippen LogP contribution < -0.4 is 5.32 Å². The first kappa shape index (κ1) is 21.4. The Hall–Kier alpha value is -3.19. The summed E-state index contributed by atoms with van der Waals surface area (Å²) in [5, 5.41) is 3.00. The van der Waals surface area contributed by atoms with Crippen molar-refractivity contribution >= 4 is 23.3 Å². The van der Waals surface area contributed by atoms with Gasteiger partial charge in [-0.15, -0.1) is 0 Å². The van der Waals surface area contributed by atoms with Gasteiger partial charge in [-0.25, -0.2) is 0 Å². The van der Waals surface area contributed by atoms with Gasteiger partial charge in [0, 0.05) is 18.0 Å². The average molecular weight is 461 g/mol. The zero-order valence-electron chi connectivity index (χ0n) is 19.4. The Bertz CT molecular complexity index is 1180. The second-order valence-corrected chi connectivity index (χ2v) is 10.2. The molecule has 5 heterocycles. The quantitative estimate of drug-likeness (QED) is 0.701. The van der Waals surface area contributed by atoms with E-state index in [0.717, 1.165) is 0 Å². The maximum atomic E-state index is 13.9. The van der Waals surface area contributed by atoms with Gasteiger partial charge in [-0.1, -0.05) is 45.1 Å². The summed E-state index contributed by atoms with van der Waals surface area (Å²) in [6, 6.07) is 10.4. The summed E-state index contributed by atoms with van der Waals surface area (Å²) in [4.78, 5) is 42.2. The lowest BCUT2D eigenvalue weighted by Gasteiger charge is -2.43. The fourth-order valence-electron chi connectivity index (χ4n) is 6.44. The number of hydrogen-bond donors (Lipinski definition) is 1. The topological polar surface area (TPSA) is 88.9 Å². The summed E-state index contributed by atoms with van der Waals surface area (Å²) in [5.74, 6) is -1.05. The van der Waals surface area contributed by atoms with Crippen LogP contribution >= 0.6 is 0 Å². The number of furan rings is 1. The fraction of sp³-hybridized carbons (Fsp3) is 0.444. The second-order valence-electron chi connectivity index (χ2n) is 10.2. The molecule has 0 radical (unpaired) electrons. The number of ether oxygens (including phenoxy) is 1. The van der Waals surface area contributed by atoms with Crippen molar-refractivity contribution in [3.63, 3.8) is 0 Å². The van der Waals surface area contributed by atoms with Gasteiger partial charge in [0.05, 0.1) is 36.3 Å². The number of hydrogen-bond acceptors (Lipinski definition) is 5. The first-order valence-corrected chi connectivity index (χ1v) is 12.0. The average Bonchev–Trinajstić information content (AvgIpc) is 3.59. The van der Waals surface area contributed by atoms with Crippen LogP contribution in [0.15, 0.2) is 59.2 Å². The zero-order valence-corrected chi connectivity index (χ0v) is 19.4. The van der Waals surface area contributed by atoms with E-state index >= 15 is 0 Å². The van der Waals surface area contributed by atoms with Gasteiger partial charge in [-0.3, -0.25) is 14.4 Å². The van der Waals surface area contributed by atoms with Crippen molar-refractivity contribution in [2.75, 3.05) is 5.32 Å². The first-order valence-electron chi connectivity index (χ1n) is 12.0. The van der Waals surface area contributed by atoms with Crippen LogP contribution in [0.1, 0.15) is 50.5 Å². The third-order valence-electron chi connectivity index (χ3n) is 8.10. The lowest BCUT2D eigenvalue weighted by molar-refractivity contribution is -0.147. The van der Waals surface area contributed by atoms with E-state index in [1.54, 1.807) is 23.3 Å². The maximum Gasteiger partial charge on any atom is 0.231 e. The van der Waals surface area contributed by atoms with Crippen LogP contribution in [-0.4, -0.2) is 40.2 Å². The van der Waals surface area contributed by atoms with Crippen molar-refractivity contribution < 1.29 is 23.5 Å². The summed E-state index contributed by atoms with van der Waals surface area (Å²) in [6.07, 6.45) is 5.06. The minimum Gasteiger partial charge on any atom is -0.467 e. The molecule has 6 rings (SSSR count). The van der Waals surface area contributed by atoms with Gasteiger partial charge in [-0.05, 0) is 35.7 Å². The molecule has 4 aliphatic heterocycles. The number of piperidine rings is 1. The van der Waals surface area contributed by atoms with Crippen molar-refractivity contribution in [2.45, 2.75) is 56.9 Å². The summed E-state index contributed by atoms with van der Waals surface area (Å²) in [5.41, 5.74) is 0.898. The molecule has 3 saturated heterocycles. The number of amides is 2. The Kier molecular flexibility index (Phi) is 4.65. The SMILES string of the molecule is CC(C)c1ccc(NC(=O)[C@@H]2[C@H]3C(=O)N4[C@@H](c5ccco5)CC(=O)[C@H](C)[C@@H]4[C@]34C=C[C@H]2O4)cc1. The Morgan fingerprint density at radius 3 is 2.62 bits per heavy atom. The molecule has 1 aromatic heterocycles. The van der Waals surface area contributed by atoms with Crippen molar-refractivity contribution in [2.24, 2.45) is 17.8 Å². The van der Waals surface area contributed by atoms with E-state index in [1.165, 1.54) is 5.56 Å². The maximum absolute atomic E-state index is 13.9. The van der Waals surface area contributed by atoms with Gasteiger partial charge in [-0.2, -0.15) is 0 Å². The lowest BCUT2D eigenvalue weighted by Crippen LogP contribution is -2.55. The molecular weight excluding hydrogens is 432 g/mol. The molecule has 1 N–H and O–H groups in total. The Balaban J connectivity index is 1.34. The molecule has 7 atom stereocenters. The molecule has 3 fully saturated rings. The molecule has 176 valence electrons. The number of fused-ring (bicyclic) bond motifs is 2. The second kappa shape index (κ2) is 7.40. The predicted octanol–water partition coefficient (Wildman–Crippen LogP) is 3.84. The molecule has 0 aliphatic carbocycles. The van der Waals surface area contributed by atoms with E-state index in [0.29, 0.717) is 17.4 Å². The van der Waals surface area contributed by atoms with Gasteiger partial charge in [0.1, 0.15) is 17.1 Å². The van der Waals surface area contributed by atoms with Crippen LogP contribution in [0.4, 0.5) is 5.69 Å². The van der Waals surface area contributed by atoms with Gasteiger partial charge < -0.3 is 19.4 Å². The van der Waals surface area contributed by atoms with E-state index in [-0.39, 0.29) is 24.0 Å². The van der Waals surface area contributed by atoms with Gasteiger partial charge in [0.15, 0.2) is 0 Å². The molecule has 1 spiro atoms. The van der Waals surface area contributed by atoms with Crippen LogP contribution in [-0.2, 0) is 19.1 Å². The number of nitrogens with zero attached hydrogens (tertiary/aromatic N) is 1. The number of carbonyl (C=O) groups is 3. The van der Waals surface area contributed by atoms with Crippen molar-refractivity contribution in [3.8, 4) is 0 Å². The number of anilines is 1. The highest BCUT2D eigenvalue weighted by Gasteiger charge is 2.74. The van der Waals surface area contributed by atoms with E-state index in [2.05, 4.69) is 19.2 Å². The van der Waals surface area contributed by atoms with E-state index in [1.807, 2.05) is 43.3 Å². The highest BCUT2D eigenvalue weighted by Crippen LogP contribution is 2.60. The predicted molar refractivity (Wildman–Crippen MR) is 124 cm³/mol. The molecular formula is C27H28N2O5. The molecule has 4 aliphatic rings. The van der Waals surface area contributed by atoms with Crippen LogP contribution in [0.5, 0.6) is 0 Å². The normalized spacial score (nSPS) is 35.7. The third kappa shape index (κ3) is 2.83. The molecule has 34 heavy (non-hydrogen) atoms. The lowest BCUT2D eigenvalue weighted by atomic mass is 9.70. The van der Waals surface area contributed by atoms with Gasteiger partial charge in [0.2, 0.25) is 11.8 Å². The summed E-state index contributed by atoms with van der Waals surface area (Å²) >= 11 is 0. The largest absolute Gasteiger partial charge is 0.467 e. The zero-order chi connectivity index (χ0) is 23.8. The molecule has 0 unspecified atom stereocenters. The summed E-state index contributed by atoms with van der Waals surface area (Å²) in [7, 11) is 0. The monoisotopic (exact) mass is 460 g/mol. The smallest absolute Gasteiger partial charge is 0.231 e. The minimum atomic E-state index is -0.981. The number of rotatable bonds is 4. The molecule has 1 aromatic carbocycles. The highest BCUT2D eigenvalue weighted by atomic mass is 16.5. The van der Waals surface area contributed by atoms with E-state index in [4.69, 9.17) is 9.15 Å². The standard InChI is InChI=1S/C27H28N2O5/c1-14(2)16-6-8-17(9-7-16)28-25(31)22-21-10-11-27(34-21)23(22)26(32)29-18(20-5-4-12-33-20)13-19(30)15(3)24(27)29/h4-12,14-15,18,21-24H,13H2,1-3H3,(H,28,31)/t15-,18+,21+,22-,23-,24+,27-/m0/s1. The van der Waals surface area contributed by atoms with Gasteiger partial charge >= 0.3 is 0 Å². The Morgan fingerprint density at radius 2 is 1.94 bits per heavy atom. The highest BCUT2D eigenvalue weighted by molar-refractivity contribution is 6.00.